The highest BCUT2D eigenvalue weighted by Crippen LogP contribution is 2.34. The molecule has 2 aromatic rings. The van der Waals surface area contributed by atoms with Gasteiger partial charge in [-0.25, -0.2) is 4.79 Å². The first-order valence-corrected chi connectivity index (χ1v) is 8.33. The molecule has 0 aliphatic heterocycles. The third-order valence-electron chi connectivity index (χ3n) is 4.28. The number of ether oxygens (including phenoxy) is 1. The fourth-order valence-corrected chi connectivity index (χ4v) is 3.00. The van der Waals surface area contributed by atoms with Gasteiger partial charge in [0.2, 0.25) is 0 Å². The quantitative estimate of drug-likeness (QED) is 0.575. The minimum Gasteiger partial charge on any atom is -0.491 e. The summed E-state index contributed by atoms with van der Waals surface area (Å²) >= 11 is 0. The van der Waals surface area contributed by atoms with Crippen molar-refractivity contribution in [3.8, 4) is 5.75 Å². The second-order valence-electron chi connectivity index (χ2n) is 5.95. The summed E-state index contributed by atoms with van der Waals surface area (Å²) in [6, 6.07) is 3.16. The van der Waals surface area contributed by atoms with Gasteiger partial charge in [-0.05, 0) is 51.1 Å². The third kappa shape index (κ3) is 3.67. The van der Waals surface area contributed by atoms with Gasteiger partial charge in [-0.15, -0.1) is 0 Å². The summed E-state index contributed by atoms with van der Waals surface area (Å²) in [5, 5.41) is 0.699. The molecule has 2 rings (SSSR count). The maximum absolute atomic E-state index is 12.1. The largest absolute Gasteiger partial charge is 0.491 e. The van der Waals surface area contributed by atoms with Crippen molar-refractivity contribution in [2.45, 2.75) is 34.6 Å². The minimum absolute atomic E-state index is 0.0576. The molecule has 0 N–H and O–H groups in total. The van der Waals surface area contributed by atoms with E-state index in [9.17, 15) is 9.59 Å². The minimum atomic E-state index is -0.399. The number of rotatable bonds is 7. The molecule has 0 atom stereocenters. The molecule has 1 aromatic heterocycles. The first-order valence-electron chi connectivity index (χ1n) is 8.33. The molecule has 0 radical (unpaired) electrons. The number of hydrogen-bond acceptors (Lipinski definition) is 5. The highest BCUT2D eigenvalue weighted by molar-refractivity contribution is 6.04. The Labute approximate surface area is 142 Å². The van der Waals surface area contributed by atoms with Gasteiger partial charge in [0.25, 0.3) is 0 Å². The number of nitrogens with zero attached hydrogens (tertiary/aromatic N) is 1. The van der Waals surface area contributed by atoms with Crippen LogP contribution in [0.4, 0.5) is 0 Å². The van der Waals surface area contributed by atoms with Crippen molar-refractivity contribution in [2.24, 2.45) is 0 Å². The molecular weight excluding hydrogens is 306 g/mol. The van der Waals surface area contributed by atoms with Crippen LogP contribution < -0.4 is 10.4 Å². The van der Waals surface area contributed by atoms with E-state index in [-0.39, 0.29) is 5.78 Å². The van der Waals surface area contributed by atoms with Crippen molar-refractivity contribution in [3.05, 3.63) is 39.2 Å². The monoisotopic (exact) mass is 331 g/mol. The van der Waals surface area contributed by atoms with E-state index in [0.29, 0.717) is 28.9 Å². The van der Waals surface area contributed by atoms with Crippen molar-refractivity contribution in [3.63, 3.8) is 0 Å². The number of aryl methyl sites for hydroxylation is 2. The number of ketones is 1. The molecule has 0 amide bonds. The van der Waals surface area contributed by atoms with Crippen LogP contribution in [0.25, 0.3) is 11.0 Å². The fourth-order valence-electron chi connectivity index (χ4n) is 3.00. The molecule has 5 heteroatoms. The SMILES string of the molecule is CCN(CC)CCOc1c(C(C)=O)c(C)cc2oc(=O)cc(C)c12. The van der Waals surface area contributed by atoms with Gasteiger partial charge in [-0.1, -0.05) is 13.8 Å². The second-order valence-corrected chi connectivity index (χ2v) is 5.95. The van der Waals surface area contributed by atoms with Crippen molar-refractivity contribution in [1.29, 1.82) is 0 Å². The summed E-state index contributed by atoms with van der Waals surface area (Å²) in [7, 11) is 0. The number of carbonyl (C=O) groups excluding carboxylic acids is 1. The van der Waals surface area contributed by atoms with Gasteiger partial charge in [-0.3, -0.25) is 4.79 Å². The highest BCUT2D eigenvalue weighted by Gasteiger charge is 2.19. The molecule has 5 nitrogen and oxygen atoms in total. The van der Waals surface area contributed by atoms with Gasteiger partial charge >= 0.3 is 5.63 Å². The molecule has 0 bridgehead atoms. The van der Waals surface area contributed by atoms with Gasteiger partial charge in [0.1, 0.15) is 17.9 Å². The van der Waals surface area contributed by atoms with Crippen molar-refractivity contribution in [1.82, 2.24) is 4.90 Å². The molecule has 0 unspecified atom stereocenters. The molecule has 0 saturated carbocycles. The van der Waals surface area contributed by atoms with Crippen LogP contribution in [-0.4, -0.2) is 36.9 Å². The van der Waals surface area contributed by atoms with Gasteiger partial charge in [0.05, 0.1) is 10.9 Å². The summed E-state index contributed by atoms with van der Waals surface area (Å²) in [5.41, 5.74) is 2.12. The molecular formula is C19H25NO4. The van der Waals surface area contributed by atoms with E-state index in [0.717, 1.165) is 30.8 Å². The Balaban J connectivity index is 2.53. The first kappa shape index (κ1) is 18.2. The Hall–Kier alpha value is -2.14. The zero-order chi connectivity index (χ0) is 17.9. The normalized spacial score (nSPS) is 11.2. The van der Waals surface area contributed by atoms with Crippen LogP contribution in [0, 0.1) is 13.8 Å². The number of hydrogen-bond donors (Lipinski definition) is 0. The molecule has 0 spiro atoms. The average molecular weight is 331 g/mol. The first-order chi connectivity index (χ1) is 11.4. The number of benzene rings is 1. The topological polar surface area (TPSA) is 59.8 Å². The van der Waals surface area contributed by atoms with Crippen LogP contribution in [0.2, 0.25) is 0 Å². The van der Waals surface area contributed by atoms with Gasteiger partial charge in [0.15, 0.2) is 5.78 Å². The van der Waals surface area contributed by atoms with E-state index in [1.807, 2.05) is 13.8 Å². The zero-order valence-corrected chi connectivity index (χ0v) is 15.1. The lowest BCUT2D eigenvalue weighted by Gasteiger charge is -2.20. The number of likely N-dealkylation sites (N-methyl/N-ethyl adjacent to an activating group) is 1. The molecule has 0 saturated heterocycles. The zero-order valence-electron chi connectivity index (χ0n) is 15.1. The van der Waals surface area contributed by atoms with E-state index in [4.69, 9.17) is 9.15 Å². The van der Waals surface area contributed by atoms with E-state index >= 15 is 0 Å². The Morgan fingerprint density at radius 1 is 1.17 bits per heavy atom. The van der Waals surface area contributed by atoms with Crippen LogP contribution in [0.3, 0.4) is 0 Å². The number of Topliss-reactive ketones (excluding diaryl/α,β-unsaturated/α-hetero) is 1. The van der Waals surface area contributed by atoms with Gasteiger partial charge < -0.3 is 14.1 Å². The predicted octanol–water partition coefficient (Wildman–Crippen LogP) is 3.33. The van der Waals surface area contributed by atoms with Crippen LogP contribution in [0.1, 0.15) is 42.3 Å². The standard InChI is InChI=1S/C19H25NO4/c1-6-20(7-2)8-9-23-19-17(14(5)21)12(3)10-15-18(19)13(4)11-16(22)24-15/h10-11H,6-9H2,1-5H3. The van der Waals surface area contributed by atoms with Crippen molar-refractivity contribution in [2.75, 3.05) is 26.2 Å². The van der Waals surface area contributed by atoms with Crippen LogP contribution >= 0.6 is 0 Å². The van der Waals surface area contributed by atoms with Crippen molar-refractivity contribution < 1.29 is 13.9 Å². The Morgan fingerprint density at radius 3 is 2.42 bits per heavy atom. The van der Waals surface area contributed by atoms with Crippen molar-refractivity contribution >= 4 is 16.8 Å². The maximum atomic E-state index is 12.1. The second kappa shape index (κ2) is 7.62. The molecule has 0 aliphatic rings. The Bertz CT molecular complexity index is 803. The molecule has 1 aromatic carbocycles. The predicted molar refractivity (Wildman–Crippen MR) is 95.2 cm³/mol. The van der Waals surface area contributed by atoms with Gasteiger partial charge in [0, 0.05) is 12.6 Å². The average Bonchev–Trinajstić information content (AvgIpc) is 2.49. The summed E-state index contributed by atoms with van der Waals surface area (Å²) in [5.74, 6) is 0.462. The summed E-state index contributed by atoms with van der Waals surface area (Å²) < 4.78 is 11.3. The van der Waals surface area contributed by atoms with E-state index in [1.165, 1.54) is 13.0 Å². The molecule has 0 aliphatic carbocycles. The fraction of sp³-hybridized carbons (Fsp3) is 0.474. The summed E-state index contributed by atoms with van der Waals surface area (Å²) in [6.07, 6.45) is 0. The summed E-state index contributed by atoms with van der Waals surface area (Å²) in [6.45, 7) is 12.5. The van der Waals surface area contributed by atoms with Crippen LogP contribution in [0.5, 0.6) is 5.75 Å². The van der Waals surface area contributed by atoms with E-state index in [2.05, 4.69) is 18.7 Å². The van der Waals surface area contributed by atoms with Crippen LogP contribution in [0.15, 0.2) is 21.3 Å². The Morgan fingerprint density at radius 2 is 1.83 bits per heavy atom. The molecule has 0 fully saturated rings. The number of fused-ring (bicyclic) bond motifs is 1. The lowest BCUT2D eigenvalue weighted by Crippen LogP contribution is -2.28. The lowest BCUT2D eigenvalue weighted by molar-refractivity contribution is 0.101. The smallest absolute Gasteiger partial charge is 0.336 e. The highest BCUT2D eigenvalue weighted by atomic mass is 16.5. The molecule has 130 valence electrons. The number of carbonyl (C=O) groups is 1. The van der Waals surface area contributed by atoms with Crippen LogP contribution in [-0.2, 0) is 0 Å². The van der Waals surface area contributed by atoms with E-state index < -0.39 is 5.63 Å². The van der Waals surface area contributed by atoms with E-state index in [1.54, 1.807) is 6.07 Å². The Kier molecular flexibility index (Phi) is 5.78. The molecule has 24 heavy (non-hydrogen) atoms. The third-order valence-corrected chi connectivity index (χ3v) is 4.28. The summed E-state index contributed by atoms with van der Waals surface area (Å²) in [4.78, 5) is 26.0. The molecule has 1 heterocycles. The van der Waals surface area contributed by atoms with Gasteiger partial charge in [-0.2, -0.15) is 0 Å². The maximum Gasteiger partial charge on any atom is 0.336 e. The lowest BCUT2D eigenvalue weighted by atomic mass is 9.99.